The highest BCUT2D eigenvalue weighted by Crippen LogP contribution is 2.33. The third kappa shape index (κ3) is 7.29. The molecule has 0 saturated carbocycles. The van der Waals surface area contributed by atoms with E-state index in [1.54, 1.807) is 0 Å². The van der Waals surface area contributed by atoms with E-state index in [0.29, 0.717) is 11.8 Å². The van der Waals surface area contributed by atoms with Crippen LogP contribution in [0, 0.1) is 0 Å². The van der Waals surface area contributed by atoms with Gasteiger partial charge in [-0.15, -0.1) is 23.2 Å². The van der Waals surface area contributed by atoms with Crippen LogP contribution < -0.4 is 4.90 Å². The average molecular weight is 551 g/mol. The summed E-state index contributed by atoms with van der Waals surface area (Å²) >= 11 is 24.3. The lowest BCUT2D eigenvalue weighted by atomic mass is 10.0. The Kier molecular flexibility index (Phi) is 10.0. The van der Waals surface area contributed by atoms with Gasteiger partial charge in [0.15, 0.2) is 0 Å². The van der Waals surface area contributed by atoms with Crippen molar-refractivity contribution in [2.24, 2.45) is 0 Å². The van der Waals surface area contributed by atoms with Crippen LogP contribution in [0.15, 0.2) is 72.8 Å². The van der Waals surface area contributed by atoms with Crippen LogP contribution in [0.1, 0.15) is 29.3 Å². The van der Waals surface area contributed by atoms with E-state index in [1.165, 1.54) is 16.7 Å². The summed E-state index contributed by atoms with van der Waals surface area (Å²) in [5.74, 6) is 1.15. The van der Waals surface area contributed by atoms with Crippen molar-refractivity contribution < 1.29 is 0 Å². The standard InChI is InChI=1S/C28H31Cl4N3/c29-14-18-33(19-15-30)27-12-6-24(7-13-27)28-34(20-22-2-8-25(31)9-3-22)16-1-17-35(28)21-23-4-10-26(32)11-5-23/h2-13,28H,1,14-21H2. The lowest BCUT2D eigenvalue weighted by Crippen LogP contribution is -2.46. The molecule has 0 aliphatic carbocycles. The van der Waals surface area contributed by atoms with Crippen molar-refractivity contribution in [1.82, 2.24) is 9.80 Å². The summed E-state index contributed by atoms with van der Waals surface area (Å²) in [6.07, 6.45) is 1.29. The van der Waals surface area contributed by atoms with Crippen molar-refractivity contribution in [2.45, 2.75) is 25.7 Å². The van der Waals surface area contributed by atoms with Crippen LogP contribution in [-0.2, 0) is 13.1 Å². The van der Waals surface area contributed by atoms with E-state index in [9.17, 15) is 0 Å². The highest BCUT2D eigenvalue weighted by Gasteiger charge is 2.31. The summed E-state index contributed by atoms with van der Waals surface area (Å²) in [5, 5.41) is 1.53. The molecule has 0 N–H and O–H groups in total. The van der Waals surface area contributed by atoms with Gasteiger partial charge in [-0.3, -0.25) is 9.80 Å². The summed E-state index contributed by atoms with van der Waals surface area (Å²) in [5.41, 5.74) is 4.96. The molecule has 0 spiro atoms. The van der Waals surface area contributed by atoms with Crippen molar-refractivity contribution in [3.63, 3.8) is 0 Å². The molecule has 3 nitrogen and oxygen atoms in total. The number of nitrogens with zero attached hydrogens (tertiary/aromatic N) is 3. The van der Waals surface area contributed by atoms with Crippen LogP contribution in [0.3, 0.4) is 0 Å². The van der Waals surface area contributed by atoms with Crippen LogP contribution in [0.2, 0.25) is 10.0 Å². The van der Waals surface area contributed by atoms with Gasteiger partial charge in [-0.1, -0.05) is 59.6 Å². The van der Waals surface area contributed by atoms with E-state index >= 15 is 0 Å². The summed E-state index contributed by atoms with van der Waals surface area (Å²) in [4.78, 5) is 7.36. The van der Waals surface area contributed by atoms with Gasteiger partial charge in [0.25, 0.3) is 0 Å². The summed E-state index contributed by atoms with van der Waals surface area (Å²) in [6, 6.07) is 25.3. The highest BCUT2D eigenvalue weighted by molar-refractivity contribution is 6.30. The van der Waals surface area contributed by atoms with E-state index in [1.807, 2.05) is 24.3 Å². The molecule has 3 aromatic rings. The molecule has 3 aromatic carbocycles. The Balaban J connectivity index is 1.62. The molecular formula is C28H31Cl4N3. The second-order valence-electron chi connectivity index (χ2n) is 8.88. The molecule has 0 aromatic heterocycles. The maximum atomic E-state index is 6.14. The molecule has 0 unspecified atom stereocenters. The average Bonchev–Trinajstić information content (AvgIpc) is 2.87. The highest BCUT2D eigenvalue weighted by atomic mass is 35.5. The smallest absolute Gasteiger partial charge is 0.0892 e. The third-order valence-electron chi connectivity index (χ3n) is 6.45. The molecule has 0 amide bonds. The maximum Gasteiger partial charge on any atom is 0.0892 e. The Labute approximate surface area is 229 Å². The van der Waals surface area contributed by atoms with Gasteiger partial charge in [0.05, 0.1) is 6.17 Å². The van der Waals surface area contributed by atoms with Crippen LogP contribution in [-0.4, -0.2) is 47.7 Å². The molecular weight excluding hydrogens is 520 g/mol. The van der Waals surface area contributed by atoms with Gasteiger partial charge in [0.1, 0.15) is 0 Å². The largest absolute Gasteiger partial charge is 0.369 e. The zero-order valence-corrected chi connectivity index (χ0v) is 22.7. The first-order chi connectivity index (χ1) is 17.1. The Morgan fingerprint density at radius 1 is 0.657 bits per heavy atom. The van der Waals surface area contributed by atoms with Crippen LogP contribution >= 0.6 is 46.4 Å². The first-order valence-electron chi connectivity index (χ1n) is 12.0. The fourth-order valence-electron chi connectivity index (χ4n) is 4.79. The van der Waals surface area contributed by atoms with Crippen molar-refractivity contribution >= 4 is 52.1 Å². The summed E-state index contributed by atoms with van der Waals surface area (Å²) < 4.78 is 0. The van der Waals surface area contributed by atoms with Crippen molar-refractivity contribution in [3.05, 3.63) is 99.5 Å². The SMILES string of the molecule is ClCCN(CCCl)c1ccc(C2N(Cc3ccc(Cl)cc3)CCCN2Cc2ccc(Cl)cc2)cc1. The van der Waals surface area contributed by atoms with Crippen LogP contribution in [0.4, 0.5) is 5.69 Å². The monoisotopic (exact) mass is 549 g/mol. The molecule has 1 fully saturated rings. The minimum absolute atomic E-state index is 0.165. The zero-order valence-electron chi connectivity index (χ0n) is 19.7. The topological polar surface area (TPSA) is 9.72 Å². The lowest BCUT2D eigenvalue weighted by Gasteiger charge is -2.44. The van der Waals surface area contributed by atoms with Gasteiger partial charge in [0, 0.05) is 66.8 Å². The van der Waals surface area contributed by atoms with Crippen LogP contribution in [0.25, 0.3) is 0 Å². The Hall–Kier alpha value is -1.46. The van der Waals surface area contributed by atoms with Gasteiger partial charge >= 0.3 is 0 Å². The molecule has 1 saturated heterocycles. The molecule has 35 heavy (non-hydrogen) atoms. The molecule has 0 bridgehead atoms. The molecule has 186 valence electrons. The predicted molar refractivity (Wildman–Crippen MR) is 151 cm³/mol. The lowest BCUT2D eigenvalue weighted by molar-refractivity contribution is -0.00908. The van der Waals surface area contributed by atoms with E-state index in [-0.39, 0.29) is 6.17 Å². The van der Waals surface area contributed by atoms with Crippen LogP contribution in [0.5, 0.6) is 0 Å². The number of hydrogen-bond donors (Lipinski definition) is 0. The fourth-order valence-corrected chi connectivity index (χ4v) is 5.45. The Bertz CT molecular complexity index is 980. The second-order valence-corrected chi connectivity index (χ2v) is 10.5. The molecule has 7 heteroatoms. The molecule has 1 heterocycles. The van der Waals surface area contributed by atoms with E-state index < -0.39 is 0 Å². The van der Waals surface area contributed by atoms with Gasteiger partial charge in [0.2, 0.25) is 0 Å². The van der Waals surface area contributed by atoms with Gasteiger partial charge in [-0.05, 0) is 59.5 Å². The quantitative estimate of drug-likeness (QED) is 0.239. The van der Waals surface area contributed by atoms with Gasteiger partial charge < -0.3 is 4.90 Å². The van der Waals surface area contributed by atoms with E-state index in [4.69, 9.17) is 46.4 Å². The minimum Gasteiger partial charge on any atom is -0.369 e. The molecule has 4 rings (SSSR count). The maximum absolute atomic E-state index is 6.14. The molecule has 0 radical (unpaired) electrons. The number of halogens is 4. The normalized spacial score (nSPS) is 15.4. The van der Waals surface area contributed by atoms with Gasteiger partial charge in [-0.25, -0.2) is 0 Å². The van der Waals surface area contributed by atoms with Crippen molar-refractivity contribution in [1.29, 1.82) is 0 Å². The second kappa shape index (κ2) is 13.2. The number of alkyl halides is 2. The van der Waals surface area contributed by atoms with E-state index in [0.717, 1.165) is 61.4 Å². The van der Waals surface area contributed by atoms with Crippen molar-refractivity contribution in [3.8, 4) is 0 Å². The number of rotatable bonds is 10. The fraction of sp³-hybridized carbons (Fsp3) is 0.357. The third-order valence-corrected chi connectivity index (χ3v) is 7.29. The predicted octanol–water partition coefficient (Wildman–Crippen LogP) is 7.68. The zero-order chi connectivity index (χ0) is 24.6. The number of hydrogen-bond acceptors (Lipinski definition) is 3. The Morgan fingerprint density at radius 3 is 1.54 bits per heavy atom. The van der Waals surface area contributed by atoms with Crippen molar-refractivity contribution in [2.75, 3.05) is 42.8 Å². The first kappa shape index (κ1) is 26.6. The first-order valence-corrected chi connectivity index (χ1v) is 13.8. The van der Waals surface area contributed by atoms with Gasteiger partial charge in [-0.2, -0.15) is 0 Å². The molecule has 1 aliphatic heterocycles. The Morgan fingerprint density at radius 2 is 1.11 bits per heavy atom. The number of benzene rings is 3. The number of anilines is 1. The minimum atomic E-state index is 0.165. The summed E-state index contributed by atoms with van der Waals surface area (Å²) in [7, 11) is 0. The molecule has 1 aliphatic rings. The molecule has 0 atom stereocenters. The van der Waals surface area contributed by atoms with E-state index in [2.05, 4.69) is 63.2 Å². The summed E-state index contributed by atoms with van der Waals surface area (Å²) in [6.45, 7) is 5.37.